The molecule has 0 aromatic heterocycles. The van der Waals surface area contributed by atoms with Gasteiger partial charge < -0.3 is 10.1 Å². The monoisotopic (exact) mass is 350 g/mol. The fraction of sp³-hybridized carbons (Fsp3) is 0.500. The van der Waals surface area contributed by atoms with Gasteiger partial charge in [0.05, 0.1) is 7.11 Å². The van der Waals surface area contributed by atoms with E-state index in [-0.39, 0.29) is 36.7 Å². The fourth-order valence-electron chi connectivity index (χ4n) is 2.81. The van der Waals surface area contributed by atoms with Gasteiger partial charge in [-0.2, -0.15) is 0 Å². The SMILES string of the molecule is C=CCC[C@H](c1cccc(F)c1OC)N1CCNCC1.Cl.Cl. The van der Waals surface area contributed by atoms with Crippen LogP contribution < -0.4 is 10.1 Å². The zero-order valence-electron chi connectivity index (χ0n) is 12.9. The van der Waals surface area contributed by atoms with Gasteiger partial charge in [0, 0.05) is 37.8 Å². The molecule has 126 valence electrons. The minimum Gasteiger partial charge on any atom is -0.493 e. The number of para-hydroxylation sites is 1. The van der Waals surface area contributed by atoms with E-state index < -0.39 is 0 Å². The number of nitrogens with one attached hydrogen (secondary N) is 1. The summed E-state index contributed by atoms with van der Waals surface area (Å²) in [5.74, 6) is 0.0869. The van der Waals surface area contributed by atoms with Crippen molar-refractivity contribution in [1.82, 2.24) is 10.2 Å². The molecule has 0 amide bonds. The molecule has 1 N–H and O–H groups in total. The number of hydrogen-bond donors (Lipinski definition) is 1. The predicted octanol–water partition coefficient (Wildman–Crippen LogP) is 3.59. The van der Waals surface area contributed by atoms with Crippen molar-refractivity contribution in [3.8, 4) is 5.75 Å². The van der Waals surface area contributed by atoms with Crippen LogP contribution in [0.1, 0.15) is 24.4 Å². The zero-order valence-corrected chi connectivity index (χ0v) is 14.5. The first-order chi connectivity index (χ1) is 9.77. The fourth-order valence-corrected chi connectivity index (χ4v) is 2.81. The van der Waals surface area contributed by atoms with E-state index in [1.807, 2.05) is 12.1 Å². The number of rotatable bonds is 6. The third-order valence-electron chi connectivity index (χ3n) is 3.80. The van der Waals surface area contributed by atoms with E-state index in [1.165, 1.54) is 13.2 Å². The largest absolute Gasteiger partial charge is 0.493 e. The number of allylic oxidation sites excluding steroid dienone is 1. The molecule has 1 aromatic rings. The molecule has 22 heavy (non-hydrogen) atoms. The Bertz CT molecular complexity index is 454. The Kier molecular flexibility index (Phi) is 10.4. The summed E-state index contributed by atoms with van der Waals surface area (Å²) in [5, 5.41) is 3.35. The molecular weight excluding hydrogens is 326 g/mol. The van der Waals surface area contributed by atoms with Crippen LogP contribution in [0.25, 0.3) is 0 Å². The van der Waals surface area contributed by atoms with Crippen molar-refractivity contribution in [2.24, 2.45) is 0 Å². The molecular formula is C16H25Cl2FN2O. The van der Waals surface area contributed by atoms with E-state index in [4.69, 9.17) is 4.74 Å². The van der Waals surface area contributed by atoms with E-state index in [0.29, 0.717) is 5.75 Å². The third-order valence-corrected chi connectivity index (χ3v) is 3.80. The van der Waals surface area contributed by atoms with Crippen LogP contribution in [-0.4, -0.2) is 38.2 Å². The normalized spacial score (nSPS) is 16.1. The van der Waals surface area contributed by atoms with Crippen molar-refractivity contribution in [1.29, 1.82) is 0 Å². The molecule has 3 nitrogen and oxygen atoms in total. The maximum absolute atomic E-state index is 13.9. The second-order valence-electron chi connectivity index (χ2n) is 5.03. The molecule has 0 spiro atoms. The third kappa shape index (κ3) is 5.13. The lowest BCUT2D eigenvalue weighted by atomic mass is 9.98. The van der Waals surface area contributed by atoms with Crippen molar-refractivity contribution < 1.29 is 9.13 Å². The Labute approximate surface area is 144 Å². The minimum absolute atomic E-state index is 0. The van der Waals surface area contributed by atoms with Gasteiger partial charge in [-0.25, -0.2) is 4.39 Å². The molecule has 1 fully saturated rings. The highest BCUT2D eigenvalue weighted by atomic mass is 35.5. The van der Waals surface area contributed by atoms with Crippen molar-refractivity contribution in [3.63, 3.8) is 0 Å². The van der Waals surface area contributed by atoms with Gasteiger partial charge in [0.15, 0.2) is 11.6 Å². The maximum atomic E-state index is 13.9. The molecule has 1 aliphatic rings. The lowest BCUT2D eigenvalue weighted by Gasteiger charge is -2.35. The number of nitrogens with zero attached hydrogens (tertiary/aromatic N) is 1. The average molecular weight is 351 g/mol. The Morgan fingerprint density at radius 1 is 1.36 bits per heavy atom. The molecule has 0 bridgehead atoms. The van der Waals surface area contributed by atoms with Gasteiger partial charge in [-0.1, -0.05) is 18.2 Å². The number of hydrogen-bond acceptors (Lipinski definition) is 3. The van der Waals surface area contributed by atoms with Gasteiger partial charge in [0.25, 0.3) is 0 Å². The van der Waals surface area contributed by atoms with Crippen LogP contribution in [0.3, 0.4) is 0 Å². The highest BCUT2D eigenvalue weighted by Crippen LogP contribution is 2.34. The van der Waals surface area contributed by atoms with Gasteiger partial charge in [0.2, 0.25) is 0 Å². The molecule has 0 aliphatic carbocycles. The molecule has 6 heteroatoms. The molecule has 1 saturated heterocycles. The molecule has 2 rings (SSSR count). The predicted molar refractivity (Wildman–Crippen MR) is 94.1 cm³/mol. The highest BCUT2D eigenvalue weighted by Gasteiger charge is 2.25. The molecule has 1 aromatic carbocycles. The van der Waals surface area contributed by atoms with E-state index in [2.05, 4.69) is 16.8 Å². The number of halogens is 3. The average Bonchev–Trinajstić information content (AvgIpc) is 2.49. The highest BCUT2D eigenvalue weighted by molar-refractivity contribution is 5.85. The van der Waals surface area contributed by atoms with Crippen LogP contribution in [0.2, 0.25) is 0 Å². The molecule has 0 radical (unpaired) electrons. The van der Waals surface area contributed by atoms with Crippen LogP contribution in [0.4, 0.5) is 4.39 Å². The summed E-state index contributed by atoms with van der Waals surface area (Å²) in [5.41, 5.74) is 0.941. The van der Waals surface area contributed by atoms with Gasteiger partial charge in [-0.05, 0) is 18.9 Å². The first kappa shape index (κ1) is 21.2. The van der Waals surface area contributed by atoms with E-state index in [9.17, 15) is 4.39 Å². The minimum atomic E-state index is -0.288. The number of benzene rings is 1. The summed E-state index contributed by atoms with van der Waals surface area (Å²) in [6, 6.07) is 5.36. The van der Waals surface area contributed by atoms with Gasteiger partial charge >= 0.3 is 0 Å². The van der Waals surface area contributed by atoms with Crippen LogP contribution in [0.15, 0.2) is 30.9 Å². The summed E-state index contributed by atoms with van der Waals surface area (Å²) in [6.45, 7) is 7.69. The lowest BCUT2D eigenvalue weighted by Crippen LogP contribution is -2.45. The summed E-state index contributed by atoms with van der Waals surface area (Å²) in [7, 11) is 1.53. The standard InChI is InChI=1S/C16H23FN2O.2ClH/c1-3-4-8-15(19-11-9-18-10-12-19)13-6-5-7-14(17)16(13)20-2;;/h3,5-7,15,18H,1,4,8-12H2,2H3;2*1H/t15-;;/m1../s1. The van der Waals surface area contributed by atoms with Crippen LogP contribution in [0, 0.1) is 5.82 Å². The Hall–Kier alpha value is -0.810. The number of piperazine rings is 1. The maximum Gasteiger partial charge on any atom is 0.165 e. The molecule has 1 atom stereocenters. The Morgan fingerprint density at radius 3 is 2.64 bits per heavy atom. The van der Waals surface area contributed by atoms with E-state index >= 15 is 0 Å². The second-order valence-corrected chi connectivity index (χ2v) is 5.03. The molecule has 0 unspecified atom stereocenters. The summed E-state index contributed by atoms with van der Waals surface area (Å²) in [6.07, 6.45) is 3.76. The van der Waals surface area contributed by atoms with Crippen molar-refractivity contribution in [2.75, 3.05) is 33.3 Å². The molecule has 0 saturated carbocycles. The smallest absolute Gasteiger partial charge is 0.165 e. The number of ether oxygens (including phenoxy) is 1. The Morgan fingerprint density at radius 2 is 2.05 bits per heavy atom. The summed E-state index contributed by atoms with van der Waals surface area (Å²) >= 11 is 0. The lowest BCUT2D eigenvalue weighted by molar-refractivity contribution is 0.162. The van der Waals surface area contributed by atoms with Crippen molar-refractivity contribution in [3.05, 3.63) is 42.2 Å². The topological polar surface area (TPSA) is 24.5 Å². The van der Waals surface area contributed by atoms with Crippen LogP contribution in [-0.2, 0) is 0 Å². The molecule has 1 aliphatic heterocycles. The quantitative estimate of drug-likeness (QED) is 0.793. The van der Waals surface area contributed by atoms with Crippen molar-refractivity contribution in [2.45, 2.75) is 18.9 Å². The van der Waals surface area contributed by atoms with Gasteiger partial charge in [-0.3, -0.25) is 4.90 Å². The van der Waals surface area contributed by atoms with Gasteiger partial charge in [0.1, 0.15) is 0 Å². The molecule has 1 heterocycles. The summed E-state index contributed by atoms with van der Waals surface area (Å²) < 4.78 is 19.2. The van der Waals surface area contributed by atoms with Crippen molar-refractivity contribution >= 4 is 24.8 Å². The van der Waals surface area contributed by atoms with E-state index in [0.717, 1.165) is 44.6 Å². The second kappa shape index (κ2) is 10.8. The first-order valence-electron chi connectivity index (χ1n) is 7.16. The number of methoxy groups -OCH3 is 1. The van der Waals surface area contributed by atoms with E-state index in [1.54, 1.807) is 6.07 Å². The summed E-state index contributed by atoms with van der Waals surface area (Å²) in [4.78, 5) is 2.40. The first-order valence-corrected chi connectivity index (χ1v) is 7.16. The van der Waals surface area contributed by atoms with Gasteiger partial charge in [-0.15, -0.1) is 31.4 Å². The Balaban J connectivity index is 0.00000220. The van der Waals surface area contributed by atoms with Crippen LogP contribution >= 0.6 is 24.8 Å². The van der Waals surface area contributed by atoms with Crippen LogP contribution in [0.5, 0.6) is 5.75 Å². The zero-order chi connectivity index (χ0) is 14.4.